The molecule has 32 heavy (non-hydrogen) atoms. The first-order chi connectivity index (χ1) is 15.4. The number of benzene rings is 1. The van der Waals surface area contributed by atoms with Gasteiger partial charge in [0, 0.05) is 0 Å². The van der Waals surface area contributed by atoms with Crippen LogP contribution in [0.5, 0.6) is 0 Å². The van der Waals surface area contributed by atoms with Gasteiger partial charge in [-0.25, -0.2) is 22.9 Å². The van der Waals surface area contributed by atoms with Gasteiger partial charge in [-0.1, -0.05) is 44.2 Å². The normalized spacial score (nSPS) is 12.6. The molecular weight excluding hydrogens is 432 g/mol. The number of hydrogen-bond acceptors (Lipinski definition) is 7. The van der Waals surface area contributed by atoms with Gasteiger partial charge in [0.25, 0.3) is 0 Å². The molecule has 10 nitrogen and oxygen atoms in total. The first kappa shape index (κ1) is 25.8. The Bertz CT molecular complexity index is 915. The van der Waals surface area contributed by atoms with E-state index in [1.165, 1.54) is 7.11 Å². The minimum Gasteiger partial charge on any atom is -0.453 e. The molecule has 3 N–H and O–H groups in total. The zero-order valence-electron chi connectivity index (χ0n) is 19.0. The van der Waals surface area contributed by atoms with Gasteiger partial charge in [0.05, 0.1) is 25.4 Å². The van der Waals surface area contributed by atoms with E-state index in [9.17, 15) is 13.2 Å². The Hall–Kier alpha value is -2.50. The molecule has 0 spiro atoms. The number of methoxy groups -OCH3 is 1. The molecule has 0 aliphatic rings. The number of aromatic nitrogens is 3. The number of H-pyrrole nitrogens is 1. The number of nitrogens with zero attached hydrogens (tertiary/aromatic N) is 3. The van der Waals surface area contributed by atoms with Crippen molar-refractivity contribution in [1.82, 2.24) is 30.1 Å². The van der Waals surface area contributed by atoms with E-state index in [0.29, 0.717) is 30.9 Å². The molecule has 0 radical (unpaired) electrons. The Balaban J connectivity index is 2.06. The minimum atomic E-state index is -3.53. The number of alkyl carbamates (subject to hydrolysis) is 1. The third-order valence-electron chi connectivity index (χ3n) is 5.11. The van der Waals surface area contributed by atoms with Crippen molar-refractivity contribution < 1.29 is 17.9 Å². The van der Waals surface area contributed by atoms with Gasteiger partial charge in [-0.2, -0.15) is 5.10 Å². The van der Waals surface area contributed by atoms with E-state index in [2.05, 4.69) is 48.7 Å². The summed E-state index contributed by atoms with van der Waals surface area (Å²) in [4.78, 5) is 17.8. The third kappa shape index (κ3) is 8.93. The van der Waals surface area contributed by atoms with E-state index in [4.69, 9.17) is 0 Å². The van der Waals surface area contributed by atoms with Crippen LogP contribution >= 0.6 is 0 Å². The van der Waals surface area contributed by atoms with Crippen molar-refractivity contribution in [1.29, 1.82) is 0 Å². The van der Waals surface area contributed by atoms with Crippen LogP contribution < -0.4 is 10.0 Å². The zero-order valence-corrected chi connectivity index (χ0v) is 19.8. The standard InChI is InChI=1S/C21H34N6O4S/c1-4-27(5-2)14-9-15-32(29,30)26-18(13-12-17-10-7-6-8-11-17)20-23-19(24-25-20)16-22-21(28)31-3/h6-8,10-11,18,26H,4-5,9,12-16H2,1-3H3,(H,22,28)(H,23,24,25)/t18-/m1/s1. The minimum absolute atomic E-state index is 0.0342. The molecule has 0 bridgehead atoms. The molecule has 0 saturated carbocycles. The average Bonchev–Trinajstić information content (AvgIpc) is 3.27. The predicted octanol–water partition coefficient (Wildman–Crippen LogP) is 1.99. The van der Waals surface area contributed by atoms with Gasteiger partial charge >= 0.3 is 6.09 Å². The van der Waals surface area contributed by atoms with Crippen LogP contribution in [-0.4, -0.2) is 67.1 Å². The number of carbonyl (C=O) groups is 1. The molecule has 1 aromatic heterocycles. The number of amides is 1. The molecule has 0 aliphatic carbocycles. The average molecular weight is 467 g/mol. The largest absolute Gasteiger partial charge is 0.453 e. The van der Waals surface area contributed by atoms with Crippen molar-refractivity contribution in [2.45, 2.75) is 45.7 Å². The number of aromatic amines is 1. The summed E-state index contributed by atoms with van der Waals surface area (Å²) in [6.45, 7) is 6.73. The fraction of sp³-hybridized carbons (Fsp3) is 0.571. The lowest BCUT2D eigenvalue weighted by molar-refractivity contribution is 0.170. The predicted molar refractivity (Wildman–Crippen MR) is 122 cm³/mol. The molecule has 1 heterocycles. The number of hydrogen-bond donors (Lipinski definition) is 3. The van der Waals surface area contributed by atoms with Crippen LogP contribution in [0, 0.1) is 0 Å². The highest BCUT2D eigenvalue weighted by molar-refractivity contribution is 7.89. The molecule has 178 valence electrons. The van der Waals surface area contributed by atoms with Crippen molar-refractivity contribution in [3.05, 3.63) is 47.5 Å². The Morgan fingerprint density at radius 1 is 1.22 bits per heavy atom. The molecule has 2 rings (SSSR count). The van der Waals surface area contributed by atoms with Gasteiger partial charge in [0.2, 0.25) is 10.0 Å². The van der Waals surface area contributed by atoms with Gasteiger partial charge in [0.1, 0.15) is 5.82 Å². The molecule has 1 atom stereocenters. The first-order valence-corrected chi connectivity index (χ1v) is 12.5. The topological polar surface area (TPSA) is 129 Å². The molecule has 2 aromatic rings. The third-order valence-corrected chi connectivity index (χ3v) is 6.58. The van der Waals surface area contributed by atoms with Gasteiger partial charge in [-0.15, -0.1) is 0 Å². The fourth-order valence-corrected chi connectivity index (χ4v) is 4.55. The number of carbonyl (C=O) groups excluding carboxylic acids is 1. The van der Waals surface area contributed by atoms with E-state index in [1.54, 1.807) is 0 Å². The van der Waals surface area contributed by atoms with Crippen LogP contribution in [-0.2, 0) is 27.7 Å². The zero-order chi connectivity index (χ0) is 23.4. The summed E-state index contributed by atoms with van der Waals surface area (Å²) in [6.07, 6.45) is 1.13. The highest BCUT2D eigenvalue weighted by Crippen LogP contribution is 2.18. The molecule has 0 unspecified atom stereocenters. The molecule has 0 aliphatic heterocycles. The molecule has 1 amide bonds. The second kappa shape index (κ2) is 13.1. The Kier molecular flexibility index (Phi) is 10.6. The number of sulfonamides is 1. The summed E-state index contributed by atoms with van der Waals surface area (Å²) in [5.41, 5.74) is 1.10. The van der Waals surface area contributed by atoms with E-state index in [1.807, 2.05) is 30.3 Å². The molecule has 0 saturated heterocycles. The number of aryl methyl sites for hydroxylation is 1. The lowest BCUT2D eigenvalue weighted by Gasteiger charge is -2.19. The maximum atomic E-state index is 12.8. The molecule has 11 heteroatoms. The SMILES string of the molecule is CCN(CC)CCCS(=O)(=O)N[C@H](CCc1ccccc1)c1n[nH]c(CNC(=O)OC)n1. The van der Waals surface area contributed by atoms with Crippen LogP contribution in [0.4, 0.5) is 4.79 Å². The highest BCUT2D eigenvalue weighted by Gasteiger charge is 2.23. The summed E-state index contributed by atoms with van der Waals surface area (Å²) in [7, 11) is -2.25. The van der Waals surface area contributed by atoms with Gasteiger partial charge in [-0.3, -0.25) is 5.10 Å². The fourth-order valence-electron chi connectivity index (χ4n) is 3.26. The highest BCUT2D eigenvalue weighted by atomic mass is 32.2. The molecule has 1 aromatic carbocycles. The summed E-state index contributed by atoms with van der Waals surface area (Å²) in [5, 5.41) is 9.46. The number of ether oxygens (including phenoxy) is 1. The van der Waals surface area contributed by atoms with Crippen molar-refractivity contribution in [2.24, 2.45) is 0 Å². The monoisotopic (exact) mass is 466 g/mol. The van der Waals surface area contributed by atoms with Crippen LogP contribution in [0.1, 0.15) is 49.9 Å². The van der Waals surface area contributed by atoms with Crippen LogP contribution in [0.3, 0.4) is 0 Å². The quantitative estimate of drug-likeness (QED) is 0.388. The molecular formula is C21H34N6O4S. The molecule has 0 fully saturated rings. The van der Waals surface area contributed by atoms with E-state index in [-0.39, 0.29) is 12.3 Å². The van der Waals surface area contributed by atoms with E-state index < -0.39 is 22.2 Å². The summed E-state index contributed by atoms with van der Waals surface area (Å²) >= 11 is 0. The van der Waals surface area contributed by atoms with Gasteiger partial charge < -0.3 is 15.0 Å². The lowest BCUT2D eigenvalue weighted by atomic mass is 10.1. The number of nitrogens with one attached hydrogen (secondary N) is 3. The van der Waals surface area contributed by atoms with Crippen LogP contribution in [0.25, 0.3) is 0 Å². The van der Waals surface area contributed by atoms with Crippen molar-refractivity contribution in [3.63, 3.8) is 0 Å². The maximum Gasteiger partial charge on any atom is 0.407 e. The smallest absolute Gasteiger partial charge is 0.407 e. The summed E-state index contributed by atoms with van der Waals surface area (Å²) < 4.78 is 32.9. The van der Waals surface area contributed by atoms with Gasteiger partial charge in [-0.05, 0) is 44.5 Å². The Morgan fingerprint density at radius 3 is 2.59 bits per heavy atom. The van der Waals surface area contributed by atoms with Crippen LogP contribution in [0.15, 0.2) is 30.3 Å². The lowest BCUT2D eigenvalue weighted by Crippen LogP contribution is -2.33. The van der Waals surface area contributed by atoms with E-state index >= 15 is 0 Å². The van der Waals surface area contributed by atoms with Gasteiger partial charge in [0.15, 0.2) is 5.82 Å². The summed E-state index contributed by atoms with van der Waals surface area (Å²) in [5.74, 6) is 0.790. The van der Waals surface area contributed by atoms with Crippen molar-refractivity contribution >= 4 is 16.1 Å². The summed E-state index contributed by atoms with van der Waals surface area (Å²) in [6, 6.07) is 9.25. The Labute approximate surface area is 190 Å². The second-order valence-electron chi connectivity index (χ2n) is 7.38. The maximum absolute atomic E-state index is 12.8. The van der Waals surface area contributed by atoms with Crippen LogP contribution in [0.2, 0.25) is 0 Å². The van der Waals surface area contributed by atoms with E-state index in [0.717, 1.165) is 25.2 Å². The number of rotatable bonds is 14. The Morgan fingerprint density at radius 2 is 1.94 bits per heavy atom. The first-order valence-electron chi connectivity index (χ1n) is 10.9. The van der Waals surface area contributed by atoms with Crippen molar-refractivity contribution in [3.8, 4) is 0 Å². The van der Waals surface area contributed by atoms with Crippen molar-refractivity contribution in [2.75, 3.05) is 32.5 Å². The second-order valence-corrected chi connectivity index (χ2v) is 9.25.